The Bertz CT molecular complexity index is 727. The number of benzene rings is 2. The average Bonchev–Trinajstić information content (AvgIpc) is 3.30. The number of carbonyl (C=O) groups excluding carboxylic acids is 1. The highest BCUT2D eigenvalue weighted by Crippen LogP contribution is 2.68. The Labute approximate surface area is 140 Å². The molecule has 2 aromatic rings. The SMILES string of the molecule is CCOC(=O)[C@]1(c2ccccc2)C[C@]1(c1ccc(C)cc1)C(F)F. The molecule has 1 aliphatic rings. The minimum absolute atomic E-state index is 0.0591. The standard InChI is InChI=1S/C20H20F2O2/c1-3-24-18(23)20(15-7-5-4-6-8-15)13-19(20,17(21)22)16-11-9-14(2)10-12-16/h4-12,17H,3,13H2,1-2H3/t19-,20+/m0/s1. The average molecular weight is 330 g/mol. The third-order valence-corrected chi connectivity index (χ3v) is 5.01. The Morgan fingerprint density at radius 1 is 1.08 bits per heavy atom. The summed E-state index contributed by atoms with van der Waals surface area (Å²) in [6, 6.07) is 15.8. The molecule has 126 valence electrons. The van der Waals surface area contributed by atoms with Crippen molar-refractivity contribution in [3.05, 3.63) is 71.3 Å². The predicted molar refractivity (Wildman–Crippen MR) is 88.2 cm³/mol. The van der Waals surface area contributed by atoms with Gasteiger partial charge in [0.05, 0.1) is 12.0 Å². The zero-order chi connectivity index (χ0) is 17.4. The topological polar surface area (TPSA) is 26.3 Å². The number of esters is 1. The summed E-state index contributed by atoms with van der Waals surface area (Å²) >= 11 is 0. The molecule has 1 fully saturated rings. The van der Waals surface area contributed by atoms with Crippen molar-refractivity contribution >= 4 is 5.97 Å². The van der Waals surface area contributed by atoms with Crippen LogP contribution in [-0.2, 0) is 20.4 Å². The highest BCUT2D eigenvalue weighted by Gasteiger charge is 2.78. The van der Waals surface area contributed by atoms with Crippen molar-refractivity contribution in [1.82, 2.24) is 0 Å². The molecule has 0 spiro atoms. The number of carbonyl (C=O) groups is 1. The van der Waals surface area contributed by atoms with Gasteiger partial charge < -0.3 is 4.74 Å². The van der Waals surface area contributed by atoms with Gasteiger partial charge in [0.2, 0.25) is 6.43 Å². The van der Waals surface area contributed by atoms with Crippen LogP contribution in [0.25, 0.3) is 0 Å². The van der Waals surface area contributed by atoms with Crippen LogP contribution in [0.4, 0.5) is 8.78 Å². The Balaban J connectivity index is 2.16. The van der Waals surface area contributed by atoms with Gasteiger partial charge in [-0.2, -0.15) is 0 Å². The number of rotatable bonds is 5. The lowest BCUT2D eigenvalue weighted by molar-refractivity contribution is -0.147. The highest BCUT2D eigenvalue weighted by atomic mass is 19.3. The summed E-state index contributed by atoms with van der Waals surface area (Å²) in [4.78, 5) is 12.7. The van der Waals surface area contributed by atoms with Gasteiger partial charge in [-0.3, -0.25) is 4.79 Å². The van der Waals surface area contributed by atoms with Crippen LogP contribution in [0.2, 0.25) is 0 Å². The Kier molecular flexibility index (Phi) is 4.16. The minimum Gasteiger partial charge on any atom is -0.465 e. The zero-order valence-corrected chi connectivity index (χ0v) is 13.8. The minimum atomic E-state index is -2.66. The lowest BCUT2D eigenvalue weighted by Gasteiger charge is -2.25. The molecule has 24 heavy (non-hydrogen) atoms. The lowest BCUT2D eigenvalue weighted by Crippen LogP contribution is -2.36. The van der Waals surface area contributed by atoms with Gasteiger partial charge in [0.15, 0.2) is 0 Å². The second-order valence-electron chi connectivity index (χ2n) is 6.31. The maximum Gasteiger partial charge on any atom is 0.317 e. The smallest absolute Gasteiger partial charge is 0.317 e. The molecule has 4 heteroatoms. The number of halogens is 2. The fraction of sp³-hybridized carbons (Fsp3) is 0.350. The number of ether oxygens (including phenoxy) is 1. The fourth-order valence-corrected chi connectivity index (χ4v) is 3.67. The summed E-state index contributed by atoms with van der Waals surface area (Å²) in [5.74, 6) is -0.572. The Hall–Kier alpha value is -2.23. The monoisotopic (exact) mass is 330 g/mol. The molecule has 0 heterocycles. The zero-order valence-electron chi connectivity index (χ0n) is 13.8. The van der Waals surface area contributed by atoms with Gasteiger partial charge in [-0.1, -0.05) is 60.2 Å². The normalized spacial score (nSPS) is 25.5. The maximum atomic E-state index is 14.2. The maximum absolute atomic E-state index is 14.2. The van der Waals surface area contributed by atoms with Gasteiger partial charge in [0, 0.05) is 0 Å². The first-order chi connectivity index (χ1) is 11.5. The molecule has 2 atom stereocenters. The second-order valence-corrected chi connectivity index (χ2v) is 6.31. The molecule has 0 saturated heterocycles. The molecular weight excluding hydrogens is 310 g/mol. The van der Waals surface area contributed by atoms with Crippen molar-refractivity contribution < 1.29 is 18.3 Å². The molecule has 2 aromatic carbocycles. The number of alkyl halides is 2. The van der Waals surface area contributed by atoms with Gasteiger partial charge in [0.1, 0.15) is 5.41 Å². The van der Waals surface area contributed by atoms with E-state index in [2.05, 4.69) is 0 Å². The van der Waals surface area contributed by atoms with E-state index in [-0.39, 0.29) is 13.0 Å². The van der Waals surface area contributed by atoms with E-state index in [4.69, 9.17) is 4.74 Å². The van der Waals surface area contributed by atoms with E-state index in [1.807, 2.05) is 6.92 Å². The van der Waals surface area contributed by atoms with Crippen LogP contribution in [0.5, 0.6) is 0 Å². The summed E-state index contributed by atoms with van der Waals surface area (Å²) in [6.07, 6.45) is -2.60. The van der Waals surface area contributed by atoms with Gasteiger partial charge in [0.25, 0.3) is 0 Å². The van der Waals surface area contributed by atoms with Crippen LogP contribution in [0.15, 0.2) is 54.6 Å². The van der Waals surface area contributed by atoms with Crippen molar-refractivity contribution in [3.8, 4) is 0 Å². The first-order valence-electron chi connectivity index (χ1n) is 8.07. The molecule has 0 unspecified atom stereocenters. The van der Waals surface area contributed by atoms with Gasteiger partial charge in [-0.25, -0.2) is 8.78 Å². The van der Waals surface area contributed by atoms with Crippen LogP contribution >= 0.6 is 0 Å². The first kappa shape index (κ1) is 16.6. The second kappa shape index (κ2) is 6.00. The Morgan fingerprint density at radius 3 is 2.25 bits per heavy atom. The van der Waals surface area contributed by atoms with E-state index in [9.17, 15) is 13.6 Å². The van der Waals surface area contributed by atoms with Crippen molar-refractivity contribution in [3.63, 3.8) is 0 Å². The third kappa shape index (κ3) is 2.24. The number of aryl methyl sites for hydroxylation is 1. The van der Waals surface area contributed by atoms with Crippen LogP contribution in [0.1, 0.15) is 30.0 Å². The predicted octanol–water partition coefficient (Wildman–Crippen LogP) is 4.40. The fourth-order valence-electron chi connectivity index (χ4n) is 3.67. The molecular formula is C20H20F2O2. The molecule has 0 aliphatic heterocycles. The van der Waals surface area contributed by atoms with E-state index in [1.54, 1.807) is 61.5 Å². The quantitative estimate of drug-likeness (QED) is 0.760. The largest absolute Gasteiger partial charge is 0.465 e. The van der Waals surface area contributed by atoms with Crippen molar-refractivity contribution in [2.24, 2.45) is 0 Å². The molecule has 1 saturated carbocycles. The lowest BCUT2D eigenvalue weighted by atomic mass is 9.81. The Morgan fingerprint density at radius 2 is 1.71 bits per heavy atom. The molecule has 0 amide bonds. The van der Waals surface area contributed by atoms with Crippen LogP contribution in [-0.4, -0.2) is 19.0 Å². The van der Waals surface area contributed by atoms with Crippen LogP contribution < -0.4 is 0 Å². The van der Waals surface area contributed by atoms with Crippen molar-refractivity contribution in [2.75, 3.05) is 6.61 Å². The van der Waals surface area contributed by atoms with Gasteiger partial charge >= 0.3 is 5.97 Å². The van der Waals surface area contributed by atoms with E-state index < -0.39 is 23.2 Å². The number of hydrogen-bond acceptors (Lipinski definition) is 2. The van der Waals surface area contributed by atoms with Crippen molar-refractivity contribution in [2.45, 2.75) is 37.5 Å². The molecule has 0 aromatic heterocycles. The molecule has 1 aliphatic carbocycles. The summed E-state index contributed by atoms with van der Waals surface area (Å²) in [5, 5.41) is 0. The third-order valence-electron chi connectivity index (χ3n) is 5.01. The van der Waals surface area contributed by atoms with Crippen LogP contribution in [0, 0.1) is 6.92 Å². The van der Waals surface area contributed by atoms with Gasteiger partial charge in [-0.15, -0.1) is 0 Å². The van der Waals surface area contributed by atoms with E-state index >= 15 is 0 Å². The van der Waals surface area contributed by atoms with Crippen molar-refractivity contribution in [1.29, 1.82) is 0 Å². The number of hydrogen-bond donors (Lipinski definition) is 0. The van der Waals surface area contributed by atoms with E-state index in [0.29, 0.717) is 11.1 Å². The summed E-state index contributed by atoms with van der Waals surface area (Å²) in [5.41, 5.74) is -0.795. The van der Waals surface area contributed by atoms with Gasteiger partial charge in [-0.05, 0) is 31.4 Å². The van der Waals surface area contributed by atoms with Crippen LogP contribution in [0.3, 0.4) is 0 Å². The molecule has 0 bridgehead atoms. The summed E-state index contributed by atoms with van der Waals surface area (Å²) < 4.78 is 33.7. The molecule has 0 radical (unpaired) electrons. The molecule has 0 N–H and O–H groups in total. The molecule has 3 rings (SSSR count). The van der Waals surface area contributed by atoms with E-state index in [1.165, 1.54) is 0 Å². The first-order valence-corrected chi connectivity index (χ1v) is 8.07. The summed E-state index contributed by atoms with van der Waals surface area (Å²) in [6.45, 7) is 3.76. The highest BCUT2D eigenvalue weighted by molar-refractivity contribution is 5.91. The molecule has 2 nitrogen and oxygen atoms in total. The van der Waals surface area contributed by atoms with E-state index in [0.717, 1.165) is 5.56 Å². The summed E-state index contributed by atoms with van der Waals surface area (Å²) in [7, 11) is 0.